The molecule has 0 aromatic carbocycles. The van der Waals surface area contributed by atoms with E-state index >= 15 is 0 Å². The molecule has 3 aliphatic rings. The number of H-pyrrole nitrogens is 2. The number of fused-ring (bicyclic) bond motifs is 8. The third-order valence-electron chi connectivity index (χ3n) is 13.5. The van der Waals surface area contributed by atoms with E-state index in [-0.39, 0.29) is 54.2 Å². The van der Waals surface area contributed by atoms with Gasteiger partial charge in [-0.1, -0.05) is 72.8 Å². The molecule has 10 heteroatoms. The minimum Gasteiger partial charge on any atom is -0.512 e. The fourth-order valence-corrected chi connectivity index (χ4v) is 9.84. The van der Waals surface area contributed by atoms with Crippen LogP contribution in [0, 0.1) is 25.7 Å². The van der Waals surface area contributed by atoms with Gasteiger partial charge in [0.2, 0.25) is 0 Å². The van der Waals surface area contributed by atoms with Gasteiger partial charge in [-0.2, -0.15) is 0 Å². The second-order valence-corrected chi connectivity index (χ2v) is 18.3. The van der Waals surface area contributed by atoms with Gasteiger partial charge >= 0.3 is 11.9 Å². The molecule has 0 saturated heterocycles. The van der Waals surface area contributed by atoms with Gasteiger partial charge in [0.1, 0.15) is 18.3 Å². The van der Waals surface area contributed by atoms with Crippen molar-refractivity contribution in [3.63, 3.8) is 0 Å². The molecule has 4 N–H and O–H groups in total. The minimum atomic E-state index is -1.09. The topological polar surface area (TPSA) is 150 Å². The van der Waals surface area contributed by atoms with Gasteiger partial charge in [-0.3, -0.25) is 19.6 Å². The number of methoxy groups -OCH3 is 1. The molecular formula is C50H68N4O6. The number of aromatic nitrogens is 4. The second kappa shape index (κ2) is 18.8. The predicted octanol–water partition coefficient (Wildman–Crippen LogP) is 10.6. The first-order valence-corrected chi connectivity index (χ1v) is 22.3. The van der Waals surface area contributed by atoms with E-state index < -0.39 is 11.9 Å². The molecule has 6 atom stereocenters. The molecule has 324 valence electrons. The molecule has 3 aromatic heterocycles. The zero-order valence-electron chi connectivity index (χ0n) is 37.8. The van der Waals surface area contributed by atoms with Crippen molar-refractivity contribution >= 4 is 45.5 Å². The average molecular weight is 821 g/mol. The standard InChI is InChI=1S/C50H68N4O6/c1-12-34-29(6)36-25-41-43(33(10)55)31(8)38(52-41)23-37-30(7)35(19-20-42(56)60-22-21-28(5)18-14-17-27(4)16-13-15-26(2)3)47(53-37)45-46(50(58)59-11)49(57)44-32(9)39(54-48(44)45)24-40(34)51-36/h21,23-27,29-30,34-35,46,52,54-55,57H,12-20,22H2,1-11H3/b28-21+,37-23?,40-24?,41-25?,43-33?/t27-,29-,30+,34-,35+,46-/m1/s1. The first-order valence-electron chi connectivity index (χ1n) is 22.3. The van der Waals surface area contributed by atoms with Crippen LogP contribution in [0.4, 0.5) is 0 Å². The summed E-state index contributed by atoms with van der Waals surface area (Å²) in [6.45, 7) is 21.3. The molecule has 1 aliphatic carbocycles. The fraction of sp³-hybridized carbons (Fsp3) is 0.560. The Morgan fingerprint density at radius 3 is 2.20 bits per heavy atom. The summed E-state index contributed by atoms with van der Waals surface area (Å²) in [6.07, 6.45) is 10.6. The molecule has 6 rings (SSSR count). The second-order valence-electron chi connectivity index (χ2n) is 18.3. The van der Waals surface area contributed by atoms with E-state index in [1.54, 1.807) is 6.92 Å². The number of hydrogen-bond acceptors (Lipinski definition) is 8. The lowest BCUT2D eigenvalue weighted by atomic mass is 9.84. The van der Waals surface area contributed by atoms with Crippen molar-refractivity contribution in [2.45, 2.75) is 157 Å². The Labute approximate surface area is 355 Å². The highest BCUT2D eigenvalue weighted by Crippen LogP contribution is 2.46. The summed E-state index contributed by atoms with van der Waals surface area (Å²) < 4.78 is 11.1. The van der Waals surface area contributed by atoms with E-state index in [1.807, 2.05) is 32.1 Å². The highest BCUT2D eigenvalue weighted by Gasteiger charge is 2.41. The summed E-state index contributed by atoms with van der Waals surface area (Å²) in [5.41, 5.74) is 9.69. The molecule has 0 unspecified atom stereocenters. The van der Waals surface area contributed by atoms with Gasteiger partial charge in [-0.15, -0.1) is 0 Å². The van der Waals surface area contributed by atoms with Gasteiger partial charge in [-0.25, -0.2) is 0 Å². The number of carbonyl (C=O) groups excluding carboxylic acids is 2. The SMILES string of the molecule is CC[C@H]1c2cc3[nH]c4c(c5nc(cc6[nH]c(cc(n2)[C@@H]1C)c(=C(C)O)c6C)[C@@H](C)[C@@H]5CCC(=O)OC/C=C(\C)CCC[C@H](C)CCCC(C)C)[C@@H](C(=O)OC)C(O)=c4c3C. The van der Waals surface area contributed by atoms with Gasteiger partial charge in [0.05, 0.1) is 29.6 Å². The summed E-state index contributed by atoms with van der Waals surface area (Å²) in [4.78, 5) is 44.6. The average Bonchev–Trinajstić information content (AvgIpc) is 3.94. The molecule has 0 radical (unpaired) electrons. The van der Waals surface area contributed by atoms with Crippen LogP contribution in [-0.4, -0.2) is 55.8 Å². The molecule has 0 amide bonds. The molecule has 60 heavy (non-hydrogen) atoms. The van der Waals surface area contributed by atoms with E-state index in [4.69, 9.17) is 19.4 Å². The number of hydrogen-bond donors (Lipinski definition) is 4. The monoisotopic (exact) mass is 821 g/mol. The normalized spacial score (nSPS) is 21.1. The van der Waals surface area contributed by atoms with Crippen molar-refractivity contribution < 1.29 is 29.3 Å². The summed E-state index contributed by atoms with van der Waals surface area (Å²) in [6, 6.07) is 6.11. The Hall–Kier alpha value is -4.86. The van der Waals surface area contributed by atoms with Crippen LogP contribution in [0.5, 0.6) is 0 Å². The fourth-order valence-electron chi connectivity index (χ4n) is 9.84. The number of esters is 2. The summed E-state index contributed by atoms with van der Waals surface area (Å²) >= 11 is 0. The van der Waals surface area contributed by atoms with Crippen LogP contribution in [0.25, 0.3) is 33.6 Å². The van der Waals surface area contributed by atoms with Crippen molar-refractivity contribution in [3.05, 3.63) is 79.8 Å². The Morgan fingerprint density at radius 1 is 0.867 bits per heavy atom. The van der Waals surface area contributed by atoms with Crippen LogP contribution < -0.4 is 10.4 Å². The maximum absolute atomic E-state index is 13.6. The molecule has 0 fully saturated rings. The van der Waals surface area contributed by atoms with E-state index in [0.29, 0.717) is 28.4 Å². The molecule has 10 nitrogen and oxygen atoms in total. The largest absolute Gasteiger partial charge is 0.512 e. The molecular weight excluding hydrogens is 753 g/mol. The smallest absolute Gasteiger partial charge is 0.321 e. The van der Waals surface area contributed by atoms with Gasteiger partial charge < -0.3 is 29.7 Å². The van der Waals surface area contributed by atoms with Gasteiger partial charge in [-0.05, 0) is 101 Å². The van der Waals surface area contributed by atoms with Crippen LogP contribution in [0.1, 0.15) is 182 Å². The Morgan fingerprint density at radius 2 is 1.52 bits per heavy atom. The zero-order valence-corrected chi connectivity index (χ0v) is 37.8. The van der Waals surface area contributed by atoms with Crippen LogP contribution in [0.15, 0.2) is 29.8 Å². The zero-order chi connectivity index (χ0) is 43.6. The number of ether oxygens (including phenoxy) is 2. The lowest BCUT2D eigenvalue weighted by molar-refractivity contribution is -0.143. The van der Waals surface area contributed by atoms with Gasteiger partial charge in [0.25, 0.3) is 0 Å². The number of allylic oxidation sites excluding steroid dienone is 1. The maximum Gasteiger partial charge on any atom is 0.321 e. The third kappa shape index (κ3) is 9.08. The third-order valence-corrected chi connectivity index (χ3v) is 13.5. The van der Waals surface area contributed by atoms with Gasteiger partial charge in [0.15, 0.2) is 0 Å². The molecule has 8 bridgehead atoms. The van der Waals surface area contributed by atoms with E-state index in [2.05, 4.69) is 64.5 Å². The van der Waals surface area contributed by atoms with Crippen molar-refractivity contribution in [3.8, 4) is 0 Å². The lowest BCUT2D eigenvalue weighted by Crippen LogP contribution is -2.18. The number of nitrogens with one attached hydrogen (secondary N) is 2. The van der Waals surface area contributed by atoms with Crippen LogP contribution >= 0.6 is 0 Å². The van der Waals surface area contributed by atoms with Crippen LogP contribution in [0.3, 0.4) is 0 Å². The maximum atomic E-state index is 13.6. The first-order chi connectivity index (χ1) is 28.6. The van der Waals surface area contributed by atoms with E-state index in [0.717, 1.165) is 81.1 Å². The van der Waals surface area contributed by atoms with Crippen molar-refractivity contribution in [2.24, 2.45) is 11.8 Å². The van der Waals surface area contributed by atoms with Crippen molar-refractivity contribution in [2.75, 3.05) is 13.7 Å². The van der Waals surface area contributed by atoms with E-state index in [1.165, 1.54) is 38.4 Å². The quantitative estimate of drug-likeness (QED) is 0.0874. The number of nitrogens with zero attached hydrogens (tertiary/aromatic N) is 2. The summed E-state index contributed by atoms with van der Waals surface area (Å²) in [5, 5.41) is 24.2. The molecule has 0 spiro atoms. The number of aliphatic hydroxyl groups excluding tert-OH is 2. The Bertz CT molecular complexity index is 2430. The molecule has 3 aromatic rings. The predicted molar refractivity (Wildman–Crippen MR) is 240 cm³/mol. The first kappa shape index (κ1) is 44.7. The van der Waals surface area contributed by atoms with Crippen LogP contribution in [-0.2, 0) is 19.1 Å². The summed E-state index contributed by atoms with van der Waals surface area (Å²) in [5.74, 6) is -0.547. The number of rotatable bonds is 15. The van der Waals surface area contributed by atoms with Crippen molar-refractivity contribution in [1.82, 2.24) is 19.9 Å². The van der Waals surface area contributed by atoms with E-state index in [9.17, 15) is 19.8 Å². The summed E-state index contributed by atoms with van der Waals surface area (Å²) in [7, 11) is 1.33. The molecule has 2 aliphatic heterocycles. The Kier molecular flexibility index (Phi) is 14.0. The van der Waals surface area contributed by atoms with Gasteiger partial charge in [0, 0.05) is 74.2 Å². The molecule has 0 saturated carbocycles. The number of aromatic amines is 2. The Balaban J connectivity index is 1.38. The minimum absolute atomic E-state index is 0.0761. The number of aliphatic hydroxyl groups is 2. The lowest BCUT2D eigenvalue weighted by Gasteiger charge is -2.19. The van der Waals surface area contributed by atoms with Crippen LogP contribution in [0.2, 0.25) is 0 Å². The highest BCUT2D eigenvalue weighted by molar-refractivity contribution is 5.96. The molecule has 5 heterocycles. The highest BCUT2D eigenvalue weighted by atomic mass is 16.5. The van der Waals surface area contributed by atoms with Crippen molar-refractivity contribution in [1.29, 1.82) is 0 Å². The number of aryl methyl sites for hydroxylation is 2. The number of carbonyl (C=O) groups is 2.